The SMILES string of the molecule is CCC(COC)NC(C)CC1COCCN1. The molecule has 0 aromatic rings. The number of morpholine rings is 1. The topological polar surface area (TPSA) is 42.5 Å². The van der Waals surface area contributed by atoms with Gasteiger partial charge in [0.05, 0.1) is 19.8 Å². The molecule has 0 amide bonds. The first-order valence-electron chi connectivity index (χ1n) is 6.32. The van der Waals surface area contributed by atoms with Crippen LogP contribution in [0, 0.1) is 0 Å². The van der Waals surface area contributed by atoms with Crippen molar-refractivity contribution >= 4 is 0 Å². The molecular formula is C12H26N2O2. The summed E-state index contributed by atoms with van der Waals surface area (Å²) in [5, 5.41) is 7.07. The molecule has 96 valence electrons. The molecule has 4 heteroatoms. The van der Waals surface area contributed by atoms with Crippen LogP contribution in [0.15, 0.2) is 0 Å². The van der Waals surface area contributed by atoms with Crippen molar-refractivity contribution in [3.8, 4) is 0 Å². The predicted octanol–water partition coefficient (Wildman–Crippen LogP) is 0.768. The molecule has 0 aliphatic carbocycles. The lowest BCUT2D eigenvalue weighted by Gasteiger charge is -2.28. The highest BCUT2D eigenvalue weighted by Crippen LogP contribution is 2.04. The molecule has 16 heavy (non-hydrogen) atoms. The molecule has 1 aliphatic heterocycles. The van der Waals surface area contributed by atoms with Crippen molar-refractivity contribution in [2.24, 2.45) is 0 Å². The van der Waals surface area contributed by atoms with E-state index in [2.05, 4.69) is 24.5 Å². The van der Waals surface area contributed by atoms with E-state index in [1.165, 1.54) is 0 Å². The fourth-order valence-corrected chi connectivity index (χ4v) is 2.15. The molecule has 0 aromatic heterocycles. The van der Waals surface area contributed by atoms with Crippen LogP contribution in [-0.4, -0.2) is 51.6 Å². The van der Waals surface area contributed by atoms with Crippen LogP contribution >= 0.6 is 0 Å². The van der Waals surface area contributed by atoms with Gasteiger partial charge in [0.2, 0.25) is 0 Å². The van der Waals surface area contributed by atoms with Gasteiger partial charge in [-0.15, -0.1) is 0 Å². The van der Waals surface area contributed by atoms with E-state index in [0.29, 0.717) is 18.1 Å². The van der Waals surface area contributed by atoms with E-state index in [4.69, 9.17) is 9.47 Å². The molecule has 0 radical (unpaired) electrons. The van der Waals surface area contributed by atoms with Gasteiger partial charge in [-0.2, -0.15) is 0 Å². The second kappa shape index (κ2) is 8.01. The lowest BCUT2D eigenvalue weighted by atomic mass is 10.1. The minimum Gasteiger partial charge on any atom is -0.383 e. The van der Waals surface area contributed by atoms with Crippen molar-refractivity contribution < 1.29 is 9.47 Å². The Morgan fingerprint density at radius 1 is 1.56 bits per heavy atom. The molecule has 1 rings (SSSR count). The van der Waals surface area contributed by atoms with Crippen molar-refractivity contribution in [2.75, 3.05) is 33.5 Å². The molecule has 0 aromatic carbocycles. The van der Waals surface area contributed by atoms with Crippen LogP contribution in [0.5, 0.6) is 0 Å². The smallest absolute Gasteiger partial charge is 0.0620 e. The van der Waals surface area contributed by atoms with E-state index in [1.54, 1.807) is 7.11 Å². The van der Waals surface area contributed by atoms with Crippen LogP contribution in [0.1, 0.15) is 26.7 Å². The van der Waals surface area contributed by atoms with Gasteiger partial charge in [0.25, 0.3) is 0 Å². The Hall–Kier alpha value is -0.160. The third kappa shape index (κ3) is 5.25. The van der Waals surface area contributed by atoms with Gasteiger partial charge < -0.3 is 20.1 Å². The summed E-state index contributed by atoms with van der Waals surface area (Å²) in [6.45, 7) is 7.87. The molecule has 4 nitrogen and oxygen atoms in total. The van der Waals surface area contributed by atoms with Crippen molar-refractivity contribution in [3.63, 3.8) is 0 Å². The summed E-state index contributed by atoms with van der Waals surface area (Å²) in [5.41, 5.74) is 0. The molecule has 0 spiro atoms. The second-order valence-electron chi connectivity index (χ2n) is 4.59. The van der Waals surface area contributed by atoms with E-state index in [1.807, 2.05) is 0 Å². The Balaban J connectivity index is 2.19. The van der Waals surface area contributed by atoms with Crippen LogP contribution in [-0.2, 0) is 9.47 Å². The van der Waals surface area contributed by atoms with Crippen LogP contribution in [0.3, 0.4) is 0 Å². The molecule has 3 atom stereocenters. The van der Waals surface area contributed by atoms with Gasteiger partial charge in [-0.3, -0.25) is 0 Å². The van der Waals surface area contributed by atoms with Crippen LogP contribution in [0.25, 0.3) is 0 Å². The van der Waals surface area contributed by atoms with Gasteiger partial charge in [-0.25, -0.2) is 0 Å². The summed E-state index contributed by atoms with van der Waals surface area (Å²) in [6.07, 6.45) is 2.22. The van der Waals surface area contributed by atoms with E-state index in [0.717, 1.165) is 39.2 Å². The van der Waals surface area contributed by atoms with Crippen molar-refractivity contribution in [1.82, 2.24) is 10.6 Å². The molecular weight excluding hydrogens is 204 g/mol. The van der Waals surface area contributed by atoms with Crippen molar-refractivity contribution in [2.45, 2.75) is 44.8 Å². The Morgan fingerprint density at radius 2 is 2.38 bits per heavy atom. The summed E-state index contributed by atoms with van der Waals surface area (Å²) >= 11 is 0. The normalized spacial score (nSPS) is 25.3. The van der Waals surface area contributed by atoms with E-state index < -0.39 is 0 Å². The number of hydrogen-bond donors (Lipinski definition) is 2. The molecule has 0 saturated carbocycles. The van der Waals surface area contributed by atoms with Crippen LogP contribution < -0.4 is 10.6 Å². The monoisotopic (exact) mass is 230 g/mol. The minimum absolute atomic E-state index is 0.463. The summed E-state index contributed by atoms with van der Waals surface area (Å²) in [7, 11) is 1.76. The zero-order chi connectivity index (χ0) is 11.8. The number of rotatable bonds is 7. The number of methoxy groups -OCH3 is 1. The molecule has 1 aliphatic rings. The Kier molecular flexibility index (Phi) is 6.96. The molecule has 1 heterocycles. The maximum absolute atomic E-state index is 5.45. The zero-order valence-electron chi connectivity index (χ0n) is 10.8. The van der Waals surface area contributed by atoms with Gasteiger partial charge in [0, 0.05) is 31.8 Å². The number of nitrogens with one attached hydrogen (secondary N) is 2. The first-order chi connectivity index (χ1) is 7.76. The second-order valence-corrected chi connectivity index (χ2v) is 4.59. The van der Waals surface area contributed by atoms with E-state index in [-0.39, 0.29) is 0 Å². The van der Waals surface area contributed by atoms with Gasteiger partial charge in [-0.1, -0.05) is 6.92 Å². The quantitative estimate of drug-likeness (QED) is 0.678. The Labute approximate surface area is 99.1 Å². The average Bonchev–Trinajstić information content (AvgIpc) is 2.29. The van der Waals surface area contributed by atoms with Gasteiger partial charge in [0.15, 0.2) is 0 Å². The first kappa shape index (κ1) is 13.9. The molecule has 3 unspecified atom stereocenters. The maximum Gasteiger partial charge on any atom is 0.0620 e. The zero-order valence-corrected chi connectivity index (χ0v) is 10.8. The van der Waals surface area contributed by atoms with E-state index in [9.17, 15) is 0 Å². The number of ether oxygens (including phenoxy) is 2. The van der Waals surface area contributed by atoms with Gasteiger partial charge >= 0.3 is 0 Å². The Morgan fingerprint density at radius 3 is 2.94 bits per heavy atom. The standard InChI is InChI=1S/C12H26N2O2/c1-4-11(8-15-3)14-10(2)7-12-9-16-6-5-13-12/h10-14H,4-9H2,1-3H3. The van der Waals surface area contributed by atoms with E-state index >= 15 is 0 Å². The summed E-state index contributed by atoms with van der Waals surface area (Å²) < 4.78 is 10.6. The summed E-state index contributed by atoms with van der Waals surface area (Å²) in [5.74, 6) is 0. The largest absolute Gasteiger partial charge is 0.383 e. The maximum atomic E-state index is 5.45. The molecule has 0 bridgehead atoms. The van der Waals surface area contributed by atoms with Gasteiger partial charge in [0.1, 0.15) is 0 Å². The molecule has 1 saturated heterocycles. The lowest BCUT2D eigenvalue weighted by Crippen LogP contribution is -2.47. The average molecular weight is 230 g/mol. The Bertz CT molecular complexity index is 166. The summed E-state index contributed by atoms with van der Waals surface area (Å²) in [4.78, 5) is 0. The highest BCUT2D eigenvalue weighted by atomic mass is 16.5. The lowest BCUT2D eigenvalue weighted by molar-refractivity contribution is 0.0697. The fourth-order valence-electron chi connectivity index (χ4n) is 2.15. The highest BCUT2D eigenvalue weighted by molar-refractivity contribution is 4.78. The van der Waals surface area contributed by atoms with Crippen molar-refractivity contribution in [3.05, 3.63) is 0 Å². The highest BCUT2D eigenvalue weighted by Gasteiger charge is 2.17. The first-order valence-corrected chi connectivity index (χ1v) is 6.32. The van der Waals surface area contributed by atoms with Crippen molar-refractivity contribution in [1.29, 1.82) is 0 Å². The van der Waals surface area contributed by atoms with Crippen LogP contribution in [0.4, 0.5) is 0 Å². The number of hydrogen-bond acceptors (Lipinski definition) is 4. The summed E-state index contributed by atoms with van der Waals surface area (Å²) in [6, 6.07) is 1.46. The third-order valence-corrected chi connectivity index (χ3v) is 3.02. The fraction of sp³-hybridized carbons (Fsp3) is 1.00. The molecule has 1 fully saturated rings. The van der Waals surface area contributed by atoms with Crippen LogP contribution in [0.2, 0.25) is 0 Å². The third-order valence-electron chi connectivity index (χ3n) is 3.02. The van der Waals surface area contributed by atoms with Gasteiger partial charge in [-0.05, 0) is 19.8 Å². The minimum atomic E-state index is 0.463. The molecule has 2 N–H and O–H groups in total. The predicted molar refractivity (Wildman–Crippen MR) is 65.8 cm³/mol.